The van der Waals surface area contributed by atoms with Crippen molar-refractivity contribution in [2.45, 2.75) is 27.1 Å². The molecule has 0 saturated carbocycles. The van der Waals surface area contributed by atoms with Gasteiger partial charge >= 0.3 is 0 Å². The maximum absolute atomic E-state index is 11.3. The van der Waals surface area contributed by atoms with Crippen LogP contribution in [0.15, 0.2) is 21.3 Å². The lowest BCUT2D eigenvalue weighted by atomic mass is 10.3. The lowest BCUT2D eigenvalue weighted by Gasteiger charge is -2.04. The lowest BCUT2D eigenvalue weighted by Crippen LogP contribution is -2.05. The van der Waals surface area contributed by atoms with Crippen molar-refractivity contribution in [1.29, 1.82) is 0 Å². The first-order valence-corrected chi connectivity index (χ1v) is 5.04. The van der Waals surface area contributed by atoms with Gasteiger partial charge < -0.3 is 13.9 Å². The summed E-state index contributed by atoms with van der Waals surface area (Å²) in [5.74, 6) is 1.08. The van der Waals surface area contributed by atoms with E-state index in [1.54, 1.807) is 0 Å². The van der Waals surface area contributed by atoms with Crippen LogP contribution in [0.1, 0.15) is 25.4 Å². The Bertz CT molecular complexity index is 313. The first-order valence-electron chi connectivity index (χ1n) is 5.04. The second kappa shape index (κ2) is 6.37. The van der Waals surface area contributed by atoms with Crippen LogP contribution in [0.3, 0.4) is 0 Å². The average molecular weight is 212 g/mol. The molecule has 0 unspecified atom stereocenters. The van der Waals surface area contributed by atoms with Crippen LogP contribution < -0.4 is 5.43 Å². The molecule has 1 aromatic rings. The van der Waals surface area contributed by atoms with E-state index in [1.807, 2.05) is 13.8 Å². The largest absolute Gasteiger partial charge is 0.461 e. The summed E-state index contributed by atoms with van der Waals surface area (Å²) in [4.78, 5) is 11.3. The Labute approximate surface area is 88.8 Å². The monoisotopic (exact) mass is 212 g/mol. The molecule has 0 fully saturated rings. The molecule has 0 aliphatic carbocycles. The van der Waals surface area contributed by atoms with Crippen LogP contribution in [0.25, 0.3) is 0 Å². The molecule has 0 spiro atoms. The third-order valence-corrected chi connectivity index (χ3v) is 1.77. The molecule has 1 rings (SSSR count). The minimum Gasteiger partial charge on any atom is -0.461 e. The maximum Gasteiger partial charge on any atom is 0.185 e. The molecule has 0 N–H and O–H groups in total. The highest BCUT2D eigenvalue weighted by Crippen LogP contribution is 2.04. The zero-order valence-electron chi connectivity index (χ0n) is 9.12. The molecular formula is C11H16O4. The quantitative estimate of drug-likeness (QED) is 0.720. The average Bonchev–Trinajstić information content (AvgIpc) is 2.23. The van der Waals surface area contributed by atoms with Gasteiger partial charge in [0.15, 0.2) is 5.43 Å². The minimum absolute atomic E-state index is 0.0781. The zero-order chi connectivity index (χ0) is 11.1. The van der Waals surface area contributed by atoms with E-state index in [0.29, 0.717) is 37.9 Å². The van der Waals surface area contributed by atoms with Crippen LogP contribution in [0.2, 0.25) is 0 Å². The highest BCUT2D eigenvalue weighted by atomic mass is 16.5. The predicted molar refractivity (Wildman–Crippen MR) is 55.6 cm³/mol. The number of hydrogen-bond donors (Lipinski definition) is 0. The number of ether oxygens (including phenoxy) is 2. The summed E-state index contributed by atoms with van der Waals surface area (Å²) in [7, 11) is 0. The molecule has 0 aliphatic heterocycles. The SMILES string of the molecule is CCOCc1cc(=O)cc(COCC)o1. The lowest BCUT2D eigenvalue weighted by molar-refractivity contribution is 0.0967. The molecule has 0 atom stereocenters. The van der Waals surface area contributed by atoms with Gasteiger partial charge in [-0.1, -0.05) is 0 Å². The van der Waals surface area contributed by atoms with Crippen LogP contribution in [0, 0.1) is 0 Å². The van der Waals surface area contributed by atoms with Gasteiger partial charge in [0.25, 0.3) is 0 Å². The molecule has 84 valence electrons. The Morgan fingerprint density at radius 3 is 1.93 bits per heavy atom. The van der Waals surface area contributed by atoms with Gasteiger partial charge in [0.05, 0.1) is 0 Å². The molecule has 0 aromatic carbocycles. The molecule has 0 radical (unpaired) electrons. The van der Waals surface area contributed by atoms with Gasteiger partial charge in [-0.3, -0.25) is 4.79 Å². The van der Waals surface area contributed by atoms with Gasteiger partial charge in [-0.15, -0.1) is 0 Å². The van der Waals surface area contributed by atoms with E-state index in [4.69, 9.17) is 13.9 Å². The van der Waals surface area contributed by atoms with Crippen molar-refractivity contribution in [2.75, 3.05) is 13.2 Å². The summed E-state index contributed by atoms with van der Waals surface area (Å²) >= 11 is 0. The van der Waals surface area contributed by atoms with Crippen molar-refractivity contribution in [3.63, 3.8) is 0 Å². The molecule has 1 aromatic heterocycles. The molecule has 0 saturated heterocycles. The van der Waals surface area contributed by atoms with Gasteiger partial charge in [-0.2, -0.15) is 0 Å². The van der Waals surface area contributed by atoms with E-state index in [9.17, 15) is 4.79 Å². The summed E-state index contributed by atoms with van der Waals surface area (Å²) in [5, 5.41) is 0. The highest BCUT2D eigenvalue weighted by Gasteiger charge is 2.02. The minimum atomic E-state index is -0.0781. The van der Waals surface area contributed by atoms with Crippen LogP contribution in [0.5, 0.6) is 0 Å². The summed E-state index contributed by atoms with van der Waals surface area (Å²) in [6.45, 7) is 5.63. The van der Waals surface area contributed by atoms with E-state index >= 15 is 0 Å². The van der Waals surface area contributed by atoms with E-state index in [-0.39, 0.29) is 5.43 Å². The van der Waals surface area contributed by atoms with Crippen molar-refractivity contribution in [3.05, 3.63) is 33.9 Å². The van der Waals surface area contributed by atoms with Crippen molar-refractivity contribution in [3.8, 4) is 0 Å². The van der Waals surface area contributed by atoms with Gasteiger partial charge in [0, 0.05) is 25.3 Å². The normalized spacial score (nSPS) is 10.5. The summed E-state index contributed by atoms with van der Waals surface area (Å²) in [5.41, 5.74) is -0.0781. The van der Waals surface area contributed by atoms with Gasteiger partial charge in [-0.25, -0.2) is 0 Å². The Balaban J connectivity index is 2.71. The van der Waals surface area contributed by atoms with Crippen LogP contribution in [-0.2, 0) is 22.7 Å². The Kier molecular flexibility index (Phi) is 5.07. The fourth-order valence-corrected chi connectivity index (χ4v) is 1.13. The second-order valence-corrected chi connectivity index (χ2v) is 3.00. The van der Waals surface area contributed by atoms with Crippen molar-refractivity contribution >= 4 is 0 Å². The Hall–Kier alpha value is -1.13. The number of rotatable bonds is 6. The van der Waals surface area contributed by atoms with Crippen molar-refractivity contribution in [2.24, 2.45) is 0 Å². The smallest absolute Gasteiger partial charge is 0.185 e. The van der Waals surface area contributed by atoms with E-state index in [1.165, 1.54) is 12.1 Å². The van der Waals surface area contributed by atoms with E-state index < -0.39 is 0 Å². The Morgan fingerprint density at radius 2 is 1.53 bits per heavy atom. The van der Waals surface area contributed by atoms with E-state index in [2.05, 4.69) is 0 Å². The predicted octanol–water partition coefficient (Wildman–Crippen LogP) is 1.71. The first kappa shape index (κ1) is 11.9. The Morgan fingerprint density at radius 1 is 1.07 bits per heavy atom. The fourth-order valence-electron chi connectivity index (χ4n) is 1.13. The summed E-state index contributed by atoms with van der Waals surface area (Å²) < 4.78 is 15.7. The topological polar surface area (TPSA) is 48.7 Å². The maximum atomic E-state index is 11.3. The second-order valence-electron chi connectivity index (χ2n) is 3.00. The molecule has 4 heteroatoms. The van der Waals surface area contributed by atoms with Crippen LogP contribution in [0.4, 0.5) is 0 Å². The van der Waals surface area contributed by atoms with Crippen molar-refractivity contribution < 1.29 is 13.9 Å². The van der Waals surface area contributed by atoms with Crippen LogP contribution in [-0.4, -0.2) is 13.2 Å². The van der Waals surface area contributed by atoms with E-state index in [0.717, 1.165) is 0 Å². The first-order chi connectivity index (χ1) is 7.26. The van der Waals surface area contributed by atoms with Gasteiger partial charge in [0.1, 0.15) is 24.7 Å². The molecule has 4 nitrogen and oxygen atoms in total. The van der Waals surface area contributed by atoms with Gasteiger partial charge in [-0.05, 0) is 13.8 Å². The third kappa shape index (κ3) is 4.27. The summed E-state index contributed by atoms with van der Waals surface area (Å²) in [6, 6.07) is 2.87. The third-order valence-electron chi connectivity index (χ3n) is 1.77. The molecule has 1 heterocycles. The molecular weight excluding hydrogens is 196 g/mol. The molecule has 0 aliphatic rings. The molecule has 15 heavy (non-hydrogen) atoms. The molecule has 0 bridgehead atoms. The summed E-state index contributed by atoms with van der Waals surface area (Å²) in [6.07, 6.45) is 0. The number of hydrogen-bond acceptors (Lipinski definition) is 4. The standard InChI is InChI=1S/C11H16O4/c1-3-13-7-10-5-9(12)6-11(15-10)8-14-4-2/h5-6H,3-4,7-8H2,1-2H3. The van der Waals surface area contributed by atoms with Gasteiger partial charge in [0.2, 0.25) is 0 Å². The fraction of sp³-hybridized carbons (Fsp3) is 0.545. The zero-order valence-corrected chi connectivity index (χ0v) is 9.12. The van der Waals surface area contributed by atoms with Crippen molar-refractivity contribution in [1.82, 2.24) is 0 Å². The highest BCUT2D eigenvalue weighted by molar-refractivity contribution is 5.05. The molecule has 0 amide bonds. The van der Waals surface area contributed by atoms with Crippen LogP contribution >= 0.6 is 0 Å².